The number of methoxy groups -OCH3 is 1. The van der Waals surface area contributed by atoms with Crippen LogP contribution in [0.4, 0.5) is 0 Å². The van der Waals surface area contributed by atoms with Gasteiger partial charge in [0.25, 0.3) is 0 Å². The number of rotatable bonds is 5. The molecule has 25 heavy (non-hydrogen) atoms. The van der Waals surface area contributed by atoms with E-state index in [9.17, 15) is 9.59 Å². The number of hydrogen-bond acceptors (Lipinski definition) is 6. The summed E-state index contributed by atoms with van der Waals surface area (Å²) >= 11 is 0. The van der Waals surface area contributed by atoms with Crippen molar-refractivity contribution in [1.82, 2.24) is 20.3 Å². The number of nitrogens with one attached hydrogen (secondary N) is 1. The van der Waals surface area contributed by atoms with Crippen molar-refractivity contribution in [2.24, 2.45) is 0 Å². The lowest BCUT2D eigenvalue weighted by Gasteiger charge is -2.25. The summed E-state index contributed by atoms with van der Waals surface area (Å²) in [7, 11) is 1.31. The summed E-state index contributed by atoms with van der Waals surface area (Å²) in [6.07, 6.45) is 8.07. The van der Waals surface area contributed by atoms with Gasteiger partial charge in [0.2, 0.25) is 5.91 Å². The zero-order valence-electron chi connectivity index (χ0n) is 14.1. The van der Waals surface area contributed by atoms with Crippen LogP contribution in [-0.4, -0.2) is 33.9 Å². The molecule has 1 amide bonds. The number of amides is 1. The van der Waals surface area contributed by atoms with Crippen molar-refractivity contribution in [3.05, 3.63) is 42.0 Å². The van der Waals surface area contributed by atoms with Gasteiger partial charge in [0.15, 0.2) is 5.82 Å². The summed E-state index contributed by atoms with van der Waals surface area (Å²) in [5.74, 6) is 0.0905. The number of carbonyl (C=O) groups excluding carboxylic acids is 2. The first kappa shape index (κ1) is 17.0. The zero-order valence-corrected chi connectivity index (χ0v) is 14.1. The normalized spacial score (nSPS) is 16.0. The Balaban J connectivity index is 1.72. The number of aryl methyl sites for hydroxylation is 1. The Labute approximate surface area is 145 Å². The van der Waals surface area contributed by atoms with E-state index in [0.29, 0.717) is 5.82 Å². The molecule has 2 heterocycles. The quantitative estimate of drug-likeness (QED) is 0.837. The molecule has 7 nitrogen and oxygen atoms in total. The maximum atomic E-state index is 12.1. The van der Waals surface area contributed by atoms with E-state index in [1.165, 1.54) is 7.11 Å². The molecule has 0 aromatic carbocycles. The van der Waals surface area contributed by atoms with Crippen LogP contribution in [0.1, 0.15) is 43.0 Å². The molecule has 0 aliphatic heterocycles. The maximum Gasteiger partial charge on any atom is 0.306 e. The van der Waals surface area contributed by atoms with Crippen LogP contribution < -0.4 is 5.32 Å². The van der Waals surface area contributed by atoms with E-state index in [-0.39, 0.29) is 30.8 Å². The molecule has 0 saturated heterocycles. The van der Waals surface area contributed by atoms with Crippen LogP contribution >= 0.6 is 0 Å². The molecule has 1 aliphatic carbocycles. The Morgan fingerprint density at radius 1 is 1.32 bits per heavy atom. The van der Waals surface area contributed by atoms with Gasteiger partial charge in [0.1, 0.15) is 0 Å². The predicted octanol–water partition coefficient (Wildman–Crippen LogP) is 1.99. The standard InChI is InChI=1S/C18H20N4O3/c1-25-17(24)8-7-16(23)21-14-5-2-6-15-13(14)11-20-18(22-15)12-4-3-9-19-10-12/h3-4,9-11,14H,2,5-8H2,1H3,(H,21,23). The van der Waals surface area contributed by atoms with Crippen LogP contribution in [0.2, 0.25) is 0 Å². The first-order valence-electron chi connectivity index (χ1n) is 8.29. The number of esters is 1. The van der Waals surface area contributed by atoms with Crippen molar-refractivity contribution in [1.29, 1.82) is 0 Å². The van der Waals surface area contributed by atoms with Gasteiger partial charge in [-0.05, 0) is 31.4 Å². The van der Waals surface area contributed by atoms with Crippen molar-refractivity contribution in [2.45, 2.75) is 38.1 Å². The van der Waals surface area contributed by atoms with Gasteiger partial charge < -0.3 is 10.1 Å². The van der Waals surface area contributed by atoms with E-state index in [0.717, 1.165) is 36.1 Å². The second kappa shape index (κ2) is 7.83. The van der Waals surface area contributed by atoms with E-state index in [1.807, 2.05) is 12.1 Å². The fourth-order valence-electron chi connectivity index (χ4n) is 2.92. The molecular formula is C18H20N4O3. The number of carbonyl (C=O) groups is 2. The lowest BCUT2D eigenvalue weighted by atomic mass is 9.92. The second-order valence-electron chi connectivity index (χ2n) is 5.93. The monoisotopic (exact) mass is 340 g/mol. The fraction of sp³-hybridized carbons (Fsp3) is 0.389. The SMILES string of the molecule is COC(=O)CCC(=O)NC1CCCc2nc(-c3cccnc3)ncc21. The number of aromatic nitrogens is 3. The van der Waals surface area contributed by atoms with Crippen molar-refractivity contribution < 1.29 is 14.3 Å². The molecule has 1 aliphatic rings. The van der Waals surface area contributed by atoms with Crippen LogP contribution in [0.5, 0.6) is 0 Å². The smallest absolute Gasteiger partial charge is 0.306 e. The molecule has 7 heteroatoms. The van der Waals surface area contributed by atoms with Gasteiger partial charge in [-0.3, -0.25) is 14.6 Å². The van der Waals surface area contributed by atoms with Gasteiger partial charge in [-0.25, -0.2) is 9.97 Å². The summed E-state index contributed by atoms with van der Waals surface area (Å²) in [5.41, 5.74) is 2.78. The van der Waals surface area contributed by atoms with Crippen LogP contribution in [0, 0.1) is 0 Å². The predicted molar refractivity (Wildman–Crippen MR) is 90.3 cm³/mol. The van der Waals surface area contributed by atoms with E-state index >= 15 is 0 Å². The van der Waals surface area contributed by atoms with Gasteiger partial charge in [0, 0.05) is 41.8 Å². The highest BCUT2D eigenvalue weighted by molar-refractivity contribution is 5.81. The summed E-state index contributed by atoms with van der Waals surface area (Å²) in [6, 6.07) is 3.66. The molecule has 1 atom stereocenters. The Kier molecular flexibility index (Phi) is 5.33. The van der Waals surface area contributed by atoms with Crippen LogP contribution in [0.25, 0.3) is 11.4 Å². The molecule has 3 rings (SSSR count). The highest BCUT2D eigenvalue weighted by atomic mass is 16.5. The largest absolute Gasteiger partial charge is 0.469 e. The minimum Gasteiger partial charge on any atom is -0.469 e. The van der Waals surface area contributed by atoms with Crippen LogP contribution in [0.3, 0.4) is 0 Å². The number of fused-ring (bicyclic) bond motifs is 1. The maximum absolute atomic E-state index is 12.1. The van der Waals surface area contributed by atoms with Crippen molar-refractivity contribution in [3.8, 4) is 11.4 Å². The second-order valence-corrected chi connectivity index (χ2v) is 5.93. The molecule has 1 N–H and O–H groups in total. The molecule has 0 saturated carbocycles. The number of nitrogens with zero attached hydrogens (tertiary/aromatic N) is 3. The van der Waals surface area contributed by atoms with Gasteiger partial charge in [-0.2, -0.15) is 0 Å². The number of pyridine rings is 1. The van der Waals surface area contributed by atoms with E-state index < -0.39 is 0 Å². The zero-order chi connectivity index (χ0) is 17.6. The summed E-state index contributed by atoms with van der Waals surface area (Å²) in [5, 5.41) is 2.97. The Morgan fingerprint density at radius 3 is 2.96 bits per heavy atom. The molecule has 0 bridgehead atoms. The van der Waals surface area contributed by atoms with Gasteiger partial charge >= 0.3 is 5.97 Å². The third-order valence-electron chi connectivity index (χ3n) is 4.22. The van der Waals surface area contributed by atoms with Gasteiger partial charge in [-0.15, -0.1) is 0 Å². The van der Waals surface area contributed by atoms with Gasteiger partial charge in [-0.1, -0.05) is 0 Å². The van der Waals surface area contributed by atoms with E-state index in [4.69, 9.17) is 0 Å². The highest BCUT2D eigenvalue weighted by Gasteiger charge is 2.24. The van der Waals surface area contributed by atoms with E-state index in [1.54, 1.807) is 18.6 Å². The first-order valence-corrected chi connectivity index (χ1v) is 8.29. The molecule has 0 fully saturated rings. The molecular weight excluding hydrogens is 320 g/mol. The lowest BCUT2D eigenvalue weighted by Crippen LogP contribution is -2.31. The fourth-order valence-corrected chi connectivity index (χ4v) is 2.92. The molecule has 130 valence electrons. The average molecular weight is 340 g/mol. The Bertz CT molecular complexity index is 764. The minimum atomic E-state index is -0.386. The average Bonchev–Trinajstić information content (AvgIpc) is 2.66. The van der Waals surface area contributed by atoms with Crippen molar-refractivity contribution >= 4 is 11.9 Å². The van der Waals surface area contributed by atoms with Crippen LogP contribution in [-0.2, 0) is 20.7 Å². The topological polar surface area (TPSA) is 94.1 Å². The molecule has 2 aromatic rings. The van der Waals surface area contributed by atoms with Crippen molar-refractivity contribution in [3.63, 3.8) is 0 Å². The molecule has 0 radical (unpaired) electrons. The summed E-state index contributed by atoms with van der Waals surface area (Å²) in [4.78, 5) is 36.4. The third-order valence-corrected chi connectivity index (χ3v) is 4.22. The Hall–Kier alpha value is -2.83. The highest BCUT2D eigenvalue weighted by Crippen LogP contribution is 2.29. The molecule has 0 spiro atoms. The summed E-state index contributed by atoms with van der Waals surface area (Å²) < 4.78 is 4.56. The molecule has 1 unspecified atom stereocenters. The number of hydrogen-bond donors (Lipinski definition) is 1. The van der Waals surface area contributed by atoms with Crippen LogP contribution in [0.15, 0.2) is 30.7 Å². The lowest BCUT2D eigenvalue weighted by molar-refractivity contribution is -0.142. The van der Waals surface area contributed by atoms with Crippen molar-refractivity contribution in [2.75, 3.05) is 7.11 Å². The molecule has 2 aromatic heterocycles. The van der Waals surface area contributed by atoms with E-state index in [2.05, 4.69) is 25.0 Å². The first-order chi connectivity index (χ1) is 12.2. The Morgan fingerprint density at radius 2 is 2.20 bits per heavy atom. The minimum absolute atomic E-state index is 0.0817. The third kappa shape index (κ3) is 4.17. The van der Waals surface area contributed by atoms with Gasteiger partial charge in [0.05, 0.1) is 19.6 Å². The summed E-state index contributed by atoms with van der Waals surface area (Å²) in [6.45, 7) is 0. The number of ether oxygens (including phenoxy) is 1.